The molecule has 0 aliphatic heterocycles. The second-order valence-electron chi connectivity index (χ2n) is 5.08. The molecule has 2 aromatic carbocycles. The molecule has 100 valence electrons. The van der Waals surface area contributed by atoms with Crippen LogP contribution in [-0.2, 0) is 6.42 Å². The fraction of sp³-hybridized carbons (Fsp3) is 0.158. The molecule has 3 rings (SSSR count). The van der Waals surface area contributed by atoms with E-state index in [1.54, 1.807) is 0 Å². The normalized spacial score (nSPS) is 10.7. The number of aryl methyl sites for hydroxylation is 2. The standard InChI is InChI=1S/C19H19N/c1-3-16-10-12-17(13-11-16)19-14-9-15(2)20(19)18-7-5-4-6-8-18/h4-14H,3H2,1-2H3. The van der Waals surface area contributed by atoms with Gasteiger partial charge in [0.1, 0.15) is 0 Å². The first-order valence-electron chi connectivity index (χ1n) is 7.12. The van der Waals surface area contributed by atoms with Gasteiger partial charge in [-0.05, 0) is 48.7 Å². The van der Waals surface area contributed by atoms with Gasteiger partial charge in [0, 0.05) is 11.4 Å². The summed E-state index contributed by atoms with van der Waals surface area (Å²) in [5.74, 6) is 0. The molecule has 0 saturated carbocycles. The van der Waals surface area contributed by atoms with Crippen molar-refractivity contribution in [2.24, 2.45) is 0 Å². The molecule has 1 heterocycles. The third-order valence-electron chi connectivity index (χ3n) is 3.75. The van der Waals surface area contributed by atoms with E-state index >= 15 is 0 Å². The van der Waals surface area contributed by atoms with Crippen molar-refractivity contribution < 1.29 is 0 Å². The van der Waals surface area contributed by atoms with Gasteiger partial charge in [-0.1, -0.05) is 49.4 Å². The largest absolute Gasteiger partial charge is 0.314 e. The lowest BCUT2D eigenvalue weighted by Gasteiger charge is -2.12. The third kappa shape index (κ3) is 2.27. The summed E-state index contributed by atoms with van der Waals surface area (Å²) in [6, 6.07) is 23.8. The first-order chi connectivity index (χ1) is 9.79. The molecule has 0 aliphatic carbocycles. The number of benzene rings is 2. The third-order valence-corrected chi connectivity index (χ3v) is 3.75. The van der Waals surface area contributed by atoms with Crippen molar-refractivity contribution in [3.8, 4) is 16.9 Å². The van der Waals surface area contributed by atoms with Gasteiger partial charge in [-0.25, -0.2) is 0 Å². The Labute approximate surface area is 120 Å². The van der Waals surface area contributed by atoms with Gasteiger partial charge in [0.15, 0.2) is 0 Å². The van der Waals surface area contributed by atoms with Crippen molar-refractivity contribution in [2.75, 3.05) is 0 Å². The topological polar surface area (TPSA) is 4.93 Å². The molecule has 0 spiro atoms. The number of hydrogen-bond acceptors (Lipinski definition) is 0. The van der Waals surface area contributed by atoms with Crippen molar-refractivity contribution in [1.82, 2.24) is 4.57 Å². The van der Waals surface area contributed by atoms with Crippen LogP contribution in [0.4, 0.5) is 0 Å². The predicted octanol–water partition coefficient (Wildman–Crippen LogP) is 5.02. The highest BCUT2D eigenvalue weighted by Gasteiger charge is 2.08. The molecule has 0 saturated heterocycles. The second kappa shape index (κ2) is 5.38. The SMILES string of the molecule is CCc1ccc(-c2ccc(C)n2-c2ccccc2)cc1. The van der Waals surface area contributed by atoms with Gasteiger partial charge in [-0.2, -0.15) is 0 Å². The van der Waals surface area contributed by atoms with E-state index in [2.05, 4.69) is 85.1 Å². The van der Waals surface area contributed by atoms with E-state index in [-0.39, 0.29) is 0 Å². The van der Waals surface area contributed by atoms with Crippen LogP contribution < -0.4 is 0 Å². The summed E-state index contributed by atoms with van der Waals surface area (Å²) in [4.78, 5) is 0. The molecule has 3 aromatic rings. The van der Waals surface area contributed by atoms with Crippen molar-refractivity contribution in [1.29, 1.82) is 0 Å². The monoisotopic (exact) mass is 261 g/mol. The first-order valence-corrected chi connectivity index (χ1v) is 7.12. The molecule has 0 atom stereocenters. The Balaban J connectivity index is 2.11. The molecular weight excluding hydrogens is 242 g/mol. The highest BCUT2D eigenvalue weighted by molar-refractivity contribution is 5.64. The lowest BCUT2D eigenvalue weighted by Crippen LogP contribution is -1.98. The number of hydrogen-bond donors (Lipinski definition) is 0. The average Bonchev–Trinajstić information content (AvgIpc) is 2.90. The van der Waals surface area contributed by atoms with Gasteiger partial charge < -0.3 is 4.57 Å². The fourth-order valence-corrected chi connectivity index (χ4v) is 2.59. The summed E-state index contributed by atoms with van der Waals surface area (Å²) >= 11 is 0. The van der Waals surface area contributed by atoms with Gasteiger partial charge >= 0.3 is 0 Å². The van der Waals surface area contributed by atoms with Crippen LogP contribution in [-0.4, -0.2) is 4.57 Å². The molecule has 0 amide bonds. The van der Waals surface area contributed by atoms with E-state index in [9.17, 15) is 0 Å². The van der Waals surface area contributed by atoms with E-state index in [0.29, 0.717) is 0 Å². The average molecular weight is 261 g/mol. The van der Waals surface area contributed by atoms with Crippen molar-refractivity contribution in [2.45, 2.75) is 20.3 Å². The Hall–Kier alpha value is -2.28. The minimum atomic E-state index is 1.08. The Morgan fingerprint density at radius 2 is 1.50 bits per heavy atom. The highest BCUT2D eigenvalue weighted by atomic mass is 15.0. The van der Waals surface area contributed by atoms with Crippen molar-refractivity contribution in [3.63, 3.8) is 0 Å². The summed E-state index contributed by atoms with van der Waals surface area (Å²) in [5, 5.41) is 0. The summed E-state index contributed by atoms with van der Waals surface area (Å²) < 4.78 is 2.31. The number of para-hydroxylation sites is 1. The van der Waals surface area contributed by atoms with Crippen LogP contribution in [0.5, 0.6) is 0 Å². The minimum Gasteiger partial charge on any atom is -0.314 e. The maximum Gasteiger partial charge on any atom is 0.0531 e. The highest BCUT2D eigenvalue weighted by Crippen LogP contribution is 2.26. The number of rotatable bonds is 3. The molecule has 0 N–H and O–H groups in total. The van der Waals surface area contributed by atoms with Gasteiger partial charge in [-0.15, -0.1) is 0 Å². The molecule has 1 aromatic heterocycles. The molecule has 0 unspecified atom stereocenters. The maximum atomic E-state index is 2.31. The molecule has 0 bridgehead atoms. The number of aromatic nitrogens is 1. The summed E-state index contributed by atoms with van der Waals surface area (Å²) in [7, 11) is 0. The van der Waals surface area contributed by atoms with E-state index in [1.807, 2.05) is 0 Å². The van der Waals surface area contributed by atoms with Crippen molar-refractivity contribution in [3.05, 3.63) is 78.0 Å². The van der Waals surface area contributed by atoms with Gasteiger partial charge in [-0.3, -0.25) is 0 Å². The Morgan fingerprint density at radius 1 is 0.800 bits per heavy atom. The van der Waals surface area contributed by atoms with Gasteiger partial charge in [0.05, 0.1) is 5.69 Å². The quantitative estimate of drug-likeness (QED) is 0.624. The minimum absolute atomic E-state index is 1.08. The second-order valence-corrected chi connectivity index (χ2v) is 5.08. The van der Waals surface area contributed by atoms with E-state index in [4.69, 9.17) is 0 Å². The van der Waals surface area contributed by atoms with Crippen LogP contribution in [0.25, 0.3) is 16.9 Å². The Kier molecular flexibility index (Phi) is 3.42. The summed E-state index contributed by atoms with van der Waals surface area (Å²) in [6.07, 6.45) is 1.08. The summed E-state index contributed by atoms with van der Waals surface area (Å²) in [6.45, 7) is 4.34. The first kappa shape index (κ1) is 12.7. The Morgan fingerprint density at radius 3 is 2.15 bits per heavy atom. The zero-order valence-electron chi connectivity index (χ0n) is 12.0. The molecule has 1 heteroatoms. The Bertz CT molecular complexity index is 690. The number of nitrogens with zero attached hydrogens (tertiary/aromatic N) is 1. The molecular formula is C19H19N. The smallest absolute Gasteiger partial charge is 0.0531 e. The van der Waals surface area contributed by atoms with Crippen LogP contribution in [0.15, 0.2) is 66.7 Å². The van der Waals surface area contributed by atoms with Crippen LogP contribution in [0, 0.1) is 6.92 Å². The molecule has 0 fully saturated rings. The molecule has 20 heavy (non-hydrogen) atoms. The van der Waals surface area contributed by atoms with Crippen LogP contribution in [0.3, 0.4) is 0 Å². The van der Waals surface area contributed by atoms with E-state index < -0.39 is 0 Å². The fourth-order valence-electron chi connectivity index (χ4n) is 2.59. The van der Waals surface area contributed by atoms with E-state index in [1.165, 1.54) is 28.2 Å². The lowest BCUT2D eigenvalue weighted by atomic mass is 10.1. The van der Waals surface area contributed by atoms with Gasteiger partial charge in [0.25, 0.3) is 0 Å². The van der Waals surface area contributed by atoms with Gasteiger partial charge in [0.2, 0.25) is 0 Å². The maximum absolute atomic E-state index is 2.31. The van der Waals surface area contributed by atoms with Crippen LogP contribution in [0.2, 0.25) is 0 Å². The molecule has 1 nitrogen and oxygen atoms in total. The van der Waals surface area contributed by atoms with Crippen molar-refractivity contribution >= 4 is 0 Å². The molecule has 0 radical (unpaired) electrons. The zero-order valence-corrected chi connectivity index (χ0v) is 12.0. The molecule has 0 aliphatic rings. The zero-order chi connectivity index (χ0) is 13.9. The van der Waals surface area contributed by atoms with Crippen LogP contribution in [0.1, 0.15) is 18.2 Å². The predicted molar refractivity (Wildman–Crippen MR) is 85.3 cm³/mol. The van der Waals surface area contributed by atoms with E-state index in [0.717, 1.165) is 6.42 Å². The lowest BCUT2D eigenvalue weighted by molar-refractivity contribution is 1.02. The summed E-state index contributed by atoms with van der Waals surface area (Å²) in [5.41, 5.74) is 6.36. The van der Waals surface area contributed by atoms with Crippen LogP contribution >= 0.6 is 0 Å².